The summed E-state index contributed by atoms with van der Waals surface area (Å²) in [5.41, 5.74) is 0.868. The van der Waals surface area contributed by atoms with E-state index in [4.69, 9.17) is 9.84 Å². The van der Waals surface area contributed by atoms with Crippen molar-refractivity contribution in [3.63, 3.8) is 0 Å². The summed E-state index contributed by atoms with van der Waals surface area (Å²) >= 11 is 0. The summed E-state index contributed by atoms with van der Waals surface area (Å²) in [6.45, 7) is 3.09. The Hall–Kier alpha value is -2.30. The van der Waals surface area contributed by atoms with Crippen LogP contribution < -0.4 is 10.1 Å². The molecule has 18 heavy (non-hydrogen) atoms. The average Bonchev–Trinajstić information content (AvgIpc) is 2.28. The van der Waals surface area contributed by atoms with E-state index in [2.05, 4.69) is 5.32 Å². The number of rotatable bonds is 5. The summed E-state index contributed by atoms with van der Waals surface area (Å²) in [5, 5.41) is 11.3. The predicted molar refractivity (Wildman–Crippen MR) is 67.6 cm³/mol. The zero-order valence-electron chi connectivity index (χ0n) is 10.3. The third kappa shape index (κ3) is 4.69. The highest BCUT2D eigenvalue weighted by atomic mass is 16.5. The molecule has 0 spiro atoms. The first-order chi connectivity index (χ1) is 8.49. The Morgan fingerprint density at radius 1 is 1.39 bits per heavy atom. The van der Waals surface area contributed by atoms with E-state index in [-0.39, 0.29) is 18.1 Å². The molecule has 0 aliphatic carbocycles. The Morgan fingerprint density at radius 2 is 2.11 bits per heavy atom. The standard InChI is InChI=1S/C13H15NO4/c1-9(13(16)17)6-7-18-12-5-3-4-11(8-12)14-10(2)15/h3-6,8H,7H2,1-2H3,(H,14,15)(H,16,17). The van der Waals surface area contributed by atoms with Crippen molar-refractivity contribution in [2.75, 3.05) is 11.9 Å². The van der Waals surface area contributed by atoms with Crippen LogP contribution >= 0.6 is 0 Å². The van der Waals surface area contributed by atoms with Gasteiger partial charge in [-0.05, 0) is 25.1 Å². The number of ether oxygens (including phenoxy) is 1. The van der Waals surface area contributed by atoms with Crippen molar-refractivity contribution >= 4 is 17.6 Å². The van der Waals surface area contributed by atoms with Gasteiger partial charge in [0.15, 0.2) is 0 Å². The number of aliphatic carboxylic acids is 1. The van der Waals surface area contributed by atoms with E-state index in [1.54, 1.807) is 24.3 Å². The van der Waals surface area contributed by atoms with E-state index in [1.165, 1.54) is 19.9 Å². The second-order valence-electron chi connectivity index (χ2n) is 3.71. The van der Waals surface area contributed by atoms with Crippen LogP contribution in [0.2, 0.25) is 0 Å². The van der Waals surface area contributed by atoms with Gasteiger partial charge < -0.3 is 15.2 Å². The lowest BCUT2D eigenvalue weighted by molar-refractivity contribution is -0.132. The summed E-state index contributed by atoms with van der Waals surface area (Å²) < 4.78 is 5.36. The first-order valence-corrected chi connectivity index (χ1v) is 5.39. The van der Waals surface area contributed by atoms with Crippen molar-refractivity contribution in [1.82, 2.24) is 0 Å². The lowest BCUT2D eigenvalue weighted by atomic mass is 10.3. The minimum atomic E-state index is -0.967. The van der Waals surface area contributed by atoms with Crippen LogP contribution in [0, 0.1) is 0 Å². The minimum Gasteiger partial charge on any atom is -0.489 e. The summed E-state index contributed by atoms with van der Waals surface area (Å²) in [7, 11) is 0. The maximum atomic E-state index is 10.9. The third-order valence-corrected chi connectivity index (χ3v) is 2.13. The molecule has 1 rings (SSSR count). The molecule has 0 radical (unpaired) electrons. The van der Waals surface area contributed by atoms with Crippen molar-refractivity contribution < 1.29 is 19.4 Å². The van der Waals surface area contributed by atoms with Crippen LogP contribution in [-0.2, 0) is 9.59 Å². The number of carboxylic acids is 1. The fourth-order valence-electron chi connectivity index (χ4n) is 1.22. The van der Waals surface area contributed by atoms with Crippen LogP contribution in [0.15, 0.2) is 35.9 Å². The molecule has 1 amide bonds. The largest absolute Gasteiger partial charge is 0.489 e. The molecule has 2 N–H and O–H groups in total. The molecule has 0 heterocycles. The quantitative estimate of drug-likeness (QED) is 0.783. The number of benzene rings is 1. The highest BCUT2D eigenvalue weighted by Crippen LogP contribution is 2.17. The van der Waals surface area contributed by atoms with Gasteiger partial charge in [0.1, 0.15) is 12.4 Å². The number of hydrogen-bond donors (Lipinski definition) is 2. The van der Waals surface area contributed by atoms with Crippen LogP contribution in [0.25, 0.3) is 0 Å². The van der Waals surface area contributed by atoms with Gasteiger partial charge in [0.25, 0.3) is 0 Å². The topological polar surface area (TPSA) is 75.6 Å². The normalized spacial score (nSPS) is 10.9. The SMILES string of the molecule is CC(=O)Nc1cccc(OCC=C(C)C(=O)O)c1. The van der Waals surface area contributed by atoms with Gasteiger partial charge in [0, 0.05) is 24.3 Å². The Labute approximate surface area is 105 Å². The second kappa shape index (κ2) is 6.44. The van der Waals surface area contributed by atoms with E-state index in [1.807, 2.05) is 0 Å². The number of hydrogen-bond acceptors (Lipinski definition) is 3. The smallest absolute Gasteiger partial charge is 0.331 e. The maximum absolute atomic E-state index is 10.9. The fourth-order valence-corrected chi connectivity index (χ4v) is 1.22. The Balaban J connectivity index is 2.60. The van der Waals surface area contributed by atoms with Gasteiger partial charge in [-0.25, -0.2) is 4.79 Å². The molecule has 96 valence electrons. The Bertz CT molecular complexity index is 480. The summed E-state index contributed by atoms with van der Waals surface area (Å²) in [6.07, 6.45) is 1.48. The molecule has 0 fully saturated rings. The molecular formula is C13H15NO4. The molecule has 0 unspecified atom stereocenters. The molecule has 0 bridgehead atoms. The summed E-state index contributed by atoms with van der Waals surface area (Å²) in [4.78, 5) is 21.4. The van der Waals surface area contributed by atoms with Gasteiger partial charge >= 0.3 is 5.97 Å². The Morgan fingerprint density at radius 3 is 2.72 bits per heavy atom. The van der Waals surface area contributed by atoms with Gasteiger partial charge in [-0.1, -0.05) is 6.07 Å². The van der Waals surface area contributed by atoms with Crippen LogP contribution in [0.5, 0.6) is 5.75 Å². The van der Waals surface area contributed by atoms with Crippen LogP contribution in [-0.4, -0.2) is 23.6 Å². The highest BCUT2D eigenvalue weighted by Gasteiger charge is 2.00. The lowest BCUT2D eigenvalue weighted by Crippen LogP contribution is -2.06. The van der Waals surface area contributed by atoms with Crippen molar-refractivity contribution in [1.29, 1.82) is 0 Å². The molecule has 1 aromatic rings. The van der Waals surface area contributed by atoms with Crippen LogP contribution in [0.3, 0.4) is 0 Å². The minimum absolute atomic E-state index is 0.159. The molecular weight excluding hydrogens is 234 g/mol. The first-order valence-electron chi connectivity index (χ1n) is 5.39. The van der Waals surface area contributed by atoms with Crippen LogP contribution in [0.4, 0.5) is 5.69 Å². The van der Waals surface area contributed by atoms with Gasteiger partial charge in [0.2, 0.25) is 5.91 Å². The number of carboxylic acid groups (broad SMARTS) is 1. The van der Waals surface area contributed by atoms with E-state index in [0.29, 0.717) is 11.4 Å². The van der Waals surface area contributed by atoms with Gasteiger partial charge in [-0.3, -0.25) is 4.79 Å². The van der Waals surface area contributed by atoms with E-state index in [9.17, 15) is 9.59 Å². The fraction of sp³-hybridized carbons (Fsp3) is 0.231. The average molecular weight is 249 g/mol. The molecule has 0 aliphatic heterocycles. The molecule has 0 atom stereocenters. The van der Waals surface area contributed by atoms with Crippen molar-refractivity contribution in [2.45, 2.75) is 13.8 Å². The van der Waals surface area contributed by atoms with Gasteiger partial charge in [-0.2, -0.15) is 0 Å². The second-order valence-corrected chi connectivity index (χ2v) is 3.71. The molecule has 0 saturated carbocycles. The molecule has 5 heteroatoms. The number of carbonyl (C=O) groups excluding carboxylic acids is 1. The maximum Gasteiger partial charge on any atom is 0.331 e. The first kappa shape index (κ1) is 13.8. The summed E-state index contributed by atoms with van der Waals surface area (Å²) in [5.74, 6) is -0.560. The number of nitrogens with one attached hydrogen (secondary N) is 1. The van der Waals surface area contributed by atoms with E-state index in [0.717, 1.165) is 0 Å². The summed E-state index contributed by atoms with van der Waals surface area (Å²) in [6, 6.07) is 6.89. The van der Waals surface area contributed by atoms with E-state index >= 15 is 0 Å². The van der Waals surface area contributed by atoms with Crippen molar-refractivity contribution in [3.8, 4) is 5.75 Å². The third-order valence-electron chi connectivity index (χ3n) is 2.13. The molecule has 0 saturated heterocycles. The molecule has 5 nitrogen and oxygen atoms in total. The van der Waals surface area contributed by atoms with E-state index < -0.39 is 5.97 Å². The molecule has 1 aromatic carbocycles. The monoisotopic (exact) mass is 249 g/mol. The zero-order chi connectivity index (χ0) is 13.5. The van der Waals surface area contributed by atoms with Gasteiger partial charge in [0.05, 0.1) is 0 Å². The Kier molecular flexibility index (Phi) is 4.92. The van der Waals surface area contributed by atoms with Gasteiger partial charge in [-0.15, -0.1) is 0 Å². The predicted octanol–water partition coefficient (Wildman–Crippen LogP) is 2.05. The zero-order valence-corrected chi connectivity index (χ0v) is 10.3. The molecule has 0 aliphatic rings. The molecule has 0 aromatic heterocycles. The number of anilines is 1. The van der Waals surface area contributed by atoms with Crippen LogP contribution in [0.1, 0.15) is 13.8 Å². The number of amides is 1. The van der Waals surface area contributed by atoms with Crippen molar-refractivity contribution in [3.05, 3.63) is 35.9 Å². The van der Waals surface area contributed by atoms with Crippen molar-refractivity contribution in [2.24, 2.45) is 0 Å². The lowest BCUT2D eigenvalue weighted by Gasteiger charge is -2.06. The highest BCUT2D eigenvalue weighted by molar-refractivity contribution is 5.88. The number of carbonyl (C=O) groups is 2.